The van der Waals surface area contributed by atoms with E-state index in [1.165, 1.54) is 6.07 Å². The Morgan fingerprint density at radius 2 is 2.00 bits per heavy atom. The lowest BCUT2D eigenvalue weighted by Crippen LogP contribution is -2.18. The molecule has 1 atom stereocenters. The SMILES string of the molecule is C[C@@H](NCc1ccc(Cl)c([N+](=O)[O-])c1)c1cccc(Cl)c1. The largest absolute Gasteiger partial charge is 0.306 e. The van der Waals surface area contributed by atoms with Gasteiger partial charge in [-0.1, -0.05) is 41.4 Å². The molecule has 2 rings (SSSR count). The van der Waals surface area contributed by atoms with E-state index in [0.29, 0.717) is 11.6 Å². The van der Waals surface area contributed by atoms with Gasteiger partial charge in [0.15, 0.2) is 0 Å². The molecular formula is C15H14Cl2N2O2. The molecule has 1 N–H and O–H groups in total. The van der Waals surface area contributed by atoms with E-state index in [2.05, 4.69) is 5.32 Å². The van der Waals surface area contributed by atoms with Crippen LogP contribution in [0.25, 0.3) is 0 Å². The number of hydrogen-bond donors (Lipinski definition) is 1. The predicted octanol–water partition coefficient (Wildman–Crippen LogP) is 4.75. The van der Waals surface area contributed by atoms with Crippen molar-refractivity contribution in [2.45, 2.75) is 19.5 Å². The normalized spacial score (nSPS) is 12.1. The molecule has 0 saturated heterocycles. The molecule has 0 heterocycles. The maximum Gasteiger partial charge on any atom is 0.288 e. The zero-order valence-electron chi connectivity index (χ0n) is 11.3. The van der Waals surface area contributed by atoms with Crippen LogP contribution in [0.15, 0.2) is 42.5 Å². The van der Waals surface area contributed by atoms with Gasteiger partial charge in [-0.3, -0.25) is 10.1 Å². The predicted molar refractivity (Wildman–Crippen MR) is 84.8 cm³/mol. The summed E-state index contributed by atoms with van der Waals surface area (Å²) in [5.41, 5.74) is 1.79. The first kappa shape index (κ1) is 15.8. The van der Waals surface area contributed by atoms with Crippen molar-refractivity contribution in [2.24, 2.45) is 0 Å². The first-order valence-corrected chi connectivity index (χ1v) is 7.14. The Bertz CT molecular complexity index is 662. The Morgan fingerprint density at radius 3 is 2.67 bits per heavy atom. The van der Waals surface area contributed by atoms with Crippen LogP contribution in [0.3, 0.4) is 0 Å². The first-order chi connectivity index (χ1) is 9.97. The zero-order chi connectivity index (χ0) is 15.4. The van der Waals surface area contributed by atoms with Crippen LogP contribution in [0.2, 0.25) is 10.0 Å². The van der Waals surface area contributed by atoms with Crippen molar-refractivity contribution in [3.63, 3.8) is 0 Å². The second-order valence-corrected chi connectivity index (χ2v) is 5.54. The summed E-state index contributed by atoms with van der Waals surface area (Å²) in [6.07, 6.45) is 0. The van der Waals surface area contributed by atoms with Crippen LogP contribution in [0.1, 0.15) is 24.1 Å². The lowest BCUT2D eigenvalue weighted by molar-refractivity contribution is -0.384. The number of nitrogens with zero attached hydrogens (tertiary/aromatic N) is 1. The van der Waals surface area contributed by atoms with Crippen LogP contribution >= 0.6 is 23.2 Å². The van der Waals surface area contributed by atoms with Crippen LogP contribution < -0.4 is 5.32 Å². The lowest BCUT2D eigenvalue weighted by atomic mass is 10.1. The van der Waals surface area contributed by atoms with Crippen LogP contribution in [0.4, 0.5) is 5.69 Å². The van der Waals surface area contributed by atoms with E-state index in [9.17, 15) is 10.1 Å². The average Bonchev–Trinajstić information content (AvgIpc) is 2.45. The third-order valence-corrected chi connectivity index (χ3v) is 3.72. The van der Waals surface area contributed by atoms with Gasteiger partial charge in [0.1, 0.15) is 5.02 Å². The highest BCUT2D eigenvalue weighted by Gasteiger charge is 2.13. The summed E-state index contributed by atoms with van der Waals surface area (Å²) < 4.78 is 0. The number of benzene rings is 2. The molecule has 0 spiro atoms. The molecule has 0 aliphatic carbocycles. The van der Waals surface area contributed by atoms with Gasteiger partial charge in [-0.2, -0.15) is 0 Å². The summed E-state index contributed by atoms with van der Waals surface area (Å²) in [7, 11) is 0. The standard InChI is InChI=1S/C15H14Cl2N2O2/c1-10(12-3-2-4-13(16)8-12)18-9-11-5-6-14(17)15(7-11)19(20)21/h2-8,10,18H,9H2,1H3/t10-/m1/s1. The van der Waals surface area contributed by atoms with Gasteiger partial charge in [0.2, 0.25) is 0 Å². The molecule has 0 saturated carbocycles. The molecule has 6 heteroatoms. The Labute approximate surface area is 132 Å². The third kappa shape index (κ3) is 4.17. The van der Waals surface area contributed by atoms with Gasteiger partial charge in [0.25, 0.3) is 5.69 Å². The van der Waals surface area contributed by atoms with Gasteiger partial charge < -0.3 is 5.32 Å². The highest BCUT2D eigenvalue weighted by atomic mass is 35.5. The van der Waals surface area contributed by atoms with Crippen LogP contribution in [-0.2, 0) is 6.54 Å². The first-order valence-electron chi connectivity index (χ1n) is 6.39. The van der Waals surface area contributed by atoms with E-state index in [0.717, 1.165) is 11.1 Å². The number of rotatable bonds is 5. The van der Waals surface area contributed by atoms with Gasteiger partial charge in [0, 0.05) is 23.7 Å². The van der Waals surface area contributed by atoms with Gasteiger partial charge in [-0.25, -0.2) is 0 Å². The summed E-state index contributed by atoms with van der Waals surface area (Å²) in [5.74, 6) is 0. The second kappa shape index (κ2) is 6.89. The zero-order valence-corrected chi connectivity index (χ0v) is 12.9. The van der Waals surface area contributed by atoms with Crippen molar-refractivity contribution in [1.29, 1.82) is 0 Å². The fourth-order valence-corrected chi connectivity index (χ4v) is 2.36. The molecular weight excluding hydrogens is 311 g/mol. The molecule has 0 amide bonds. The van der Waals surface area contributed by atoms with E-state index in [1.54, 1.807) is 12.1 Å². The maximum absolute atomic E-state index is 10.9. The average molecular weight is 325 g/mol. The van der Waals surface area contributed by atoms with Gasteiger partial charge in [0.05, 0.1) is 4.92 Å². The van der Waals surface area contributed by atoms with E-state index in [4.69, 9.17) is 23.2 Å². The van der Waals surface area contributed by atoms with Crippen molar-refractivity contribution in [2.75, 3.05) is 0 Å². The minimum absolute atomic E-state index is 0.0774. The fraction of sp³-hybridized carbons (Fsp3) is 0.200. The van der Waals surface area contributed by atoms with Crippen molar-refractivity contribution in [1.82, 2.24) is 5.32 Å². The Balaban J connectivity index is 2.06. The fourth-order valence-electron chi connectivity index (χ4n) is 1.97. The molecule has 4 nitrogen and oxygen atoms in total. The molecule has 0 radical (unpaired) electrons. The number of hydrogen-bond acceptors (Lipinski definition) is 3. The summed E-state index contributed by atoms with van der Waals surface area (Å²) >= 11 is 11.8. The summed E-state index contributed by atoms with van der Waals surface area (Å²) in [4.78, 5) is 10.4. The van der Waals surface area contributed by atoms with Crippen molar-refractivity contribution < 1.29 is 4.92 Å². The van der Waals surface area contributed by atoms with E-state index in [1.807, 2.05) is 31.2 Å². The smallest absolute Gasteiger partial charge is 0.288 e. The quantitative estimate of drug-likeness (QED) is 0.637. The lowest BCUT2D eigenvalue weighted by Gasteiger charge is -2.14. The topological polar surface area (TPSA) is 55.2 Å². The molecule has 0 aromatic heterocycles. The third-order valence-electron chi connectivity index (χ3n) is 3.17. The van der Waals surface area contributed by atoms with Gasteiger partial charge in [-0.15, -0.1) is 0 Å². The second-order valence-electron chi connectivity index (χ2n) is 4.70. The van der Waals surface area contributed by atoms with E-state index >= 15 is 0 Å². The van der Waals surface area contributed by atoms with Gasteiger partial charge in [-0.05, 0) is 36.2 Å². The summed E-state index contributed by atoms with van der Waals surface area (Å²) in [6, 6.07) is 12.5. The van der Waals surface area contributed by atoms with E-state index < -0.39 is 4.92 Å². The van der Waals surface area contributed by atoms with Crippen molar-refractivity contribution in [3.05, 3.63) is 73.8 Å². The summed E-state index contributed by atoms with van der Waals surface area (Å²) in [5, 5.41) is 15.0. The molecule has 0 unspecified atom stereocenters. The Hall–Kier alpha value is -1.62. The van der Waals surface area contributed by atoms with Crippen LogP contribution in [-0.4, -0.2) is 4.92 Å². The summed E-state index contributed by atoms with van der Waals surface area (Å²) in [6.45, 7) is 2.52. The highest BCUT2D eigenvalue weighted by Crippen LogP contribution is 2.25. The minimum atomic E-state index is -0.480. The molecule has 0 fully saturated rings. The van der Waals surface area contributed by atoms with E-state index in [-0.39, 0.29) is 16.8 Å². The number of nitrogens with one attached hydrogen (secondary N) is 1. The molecule has 21 heavy (non-hydrogen) atoms. The van der Waals surface area contributed by atoms with Crippen molar-refractivity contribution >= 4 is 28.9 Å². The number of nitro groups is 1. The highest BCUT2D eigenvalue weighted by molar-refractivity contribution is 6.32. The van der Waals surface area contributed by atoms with Crippen molar-refractivity contribution in [3.8, 4) is 0 Å². The van der Waals surface area contributed by atoms with Crippen LogP contribution in [0.5, 0.6) is 0 Å². The molecule has 0 aliphatic heterocycles. The van der Waals surface area contributed by atoms with Gasteiger partial charge >= 0.3 is 0 Å². The molecule has 0 aliphatic rings. The number of nitro benzene ring substituents is 1. The monoisotopic (exact) mass is 324 g/mol. The molecule has 110 valence electrons. The Morgan fingerprint density at radius 1 is 1.24 bits per heavy atom. The minimum Gasteiger partial charge on any atom is -0.306 e. The Kier molecular flexibility index (Phi) is 5.17. The van der Waals surface area contributed by atoms with Crippen LogP contribution in [0, 0.1) is 10.1 Å². The maximum atomic E-state index is 10.9. The molecule has 2 aromatic rings. The number of halogens is 2. The molecule has 0 bridgehead atoms. The molecule has 2 aromatic carbocycles.